The molecule has 1 unspecified atom stereocenters. The zero-order valence-electron chi connectivity index (χ0n) is 31.9. The van der Waals surface area contributed by atoms with E-state index in [-0.39, 0.29) is 59.6 Å². The topological polar surface area (TPSA) is 261 Å². The van der Waals surface area contributed by atoms with E-state index in [1.54, 1.807) is 36.5 Å². The van der Waals surface area contributed by atoms with Gasteiger partial charge in [-0.25, -0.2) is 9.97 Å². The monoisotopic (exact) mass is 832 g/mol. The number of carbonyl (C=O) groups excluding carboxylic acids is 5. The number of halogens is 1. The zero-order chi connectivity index (χ0) is 41.8. The summed E-state index contributed by atoms with van der Waals surface area (Å²) in [6.45, 7) is 0.876. The summed E-state index contributed by atoms with van der Waals surface area (Å²) in [5.41, 5.74) is 7.63. The minimum absolute atomic E-state index is 0.0537. The number of nitrogens with one attached hydrogen (secondary N) is 3. The molecular formula is C40H45ClN8O10. The van der Waals surface area contributed by atoms with E-state index in [4.69, 9.17) is 26.8 Å². The van der Waals surface area contributed by atoms with Crippen LogP contribution in [0.1, 0.15) is 90.0 Å². The summed E-state index contributed by atoms with van der Waals surface area (Å²) in [6, 6.07) is 10.2. The molecule has 5 heterocycles. The van der Waals surface area contributed by atoms with E-state index < -0.39 is 60.3 Å². The van der Waals surface area contributed by atoms with Crippen molar-refractivity contribution in [2.24, 2.45) is 0 Å². The van der Waals surface area contributed by atoms with E-state index in [1.165, 1.54) is 23.0 Å². The number of benzene rings is 2. The summed E-state index contributed by atoms with van der Waals surface area (Å²) >= 11 is 6.35. The van der Waals surface area contributed by atoms with Crippen LogP contribution in [0.5, 0.6) is 5.75 Å². The number of carbonyl (C=O) groups is 5. The van der Waals surface area contributed by atoms with Crippen LogP contribution in [0.25, 0.3) is 11.0 Å². The normalized spacial score (nSPS) is 22.1. The molecule has 0 spiro atoms. The van der Waals surface area contributed by atoms with Crippen LogP contribution in [0.2, 0.25) is 5.02 Å². The number of nitrogens with two attached hydrogens (primary N) is 1. The predicted molar refractivity (Wildman–Crippen MR) is 212 cm³/mol. The van der Waals surface area contributed by atoms with Crippen molar-refractivity contribution in [3.8, 4) is 5.75 Å². The second-order valence-corrected chi connectivity index (χ2v) is 15.1. The van der Waals surface area contributed by atoms with Crippen molar-refractivity contribution in [2.75, 3.05) is 30.7 Å². The summed E-state index contributed by atoms with van der Waals surface area (Å²) in [5.74, 6) is -1.80. The Labute approximate surface area is 343 Å². The van der Waals surface area contributed by atoms with Crippen LogP contribution in [0.4, 0.5) is 11.5 Å². The highest BCUT2D eigenvalue weighted by Gasteiger charge is 2.48. The van der Waals surface area contributed by atoms with Gasteiger partial charge in [-0.2, -0.15) is 0 Å². The minimum atomic E-state index is -1.44. The molecule has 5 amide bonds. The first kappa shape index (κ1) is 41.5. The molecule has 19 heteroatoms. The molecule has 0 aliphatic carbocycles. The van der Waals surface area contributed by atoms with Gasteiger partial charge in [0.1, 0.15) is 60.6 Å². The first-order chi connectivity index (χ1) is 28.4. The number of fused-ring (bicyclic) bond motifs is 2. The van der Waals surface area contributed by atoms with Gasteiger partial charge in [0.15, 0.2) is 6.23 Å². The number of anilines is 2. The molecule has 7 rings (SSSR count). The lowest BCUT2D eigenvalue weighted by molar-refractivity contribution is -0.136. The maximum atomic E-state index is 13.3. The Morgan fingerprint density at radius 2 is 1.81 bits per heavy atom. The van der Waals surface area contributed by atoms with Crippen LogP contribution >= 0.6 is 11.6 Å². The van der Waals surface area contributed by atoms with Gasteiger partial charge in [-0.15, -0.1) is 0 Å². The molecule has 3 aliphatic rings. The number of aliphatic hydroxyl groups is 3. The van der Waals surface area contributed by atoms with E-state index in [1.807, 2.05) is 0 Å². The summed E-state index contributed by atoms with van der Waals surface area (Å²) < 4.78 is 13.3. The molecule has 3 aliphatic heterocycles. The summed E-state index contributed by atoms with van der Waals surface area (Å²) in [7, 11) is 0. The van der Waals surface area contributed by atoms with Crippen molar-refractivity contribution >= 4 is 63.7 Å². The molecule has 6 atom stereocenters. The van der Waals surface area contributed by atoms with Crippen molar-refractivity contribution in [2.45, 2.75) is 88.1 Å². The maximum Gasteiger partial charge on any atom is 0.264 e. The highest BCUT2D eigenvalue weighted by atomic mass is 35.5. The summed E-state index contributed by atoms with van der Waals surface area (Å²) in [6.07, 6.45) is 1.03. The molecule has 312 valence electrons. The number of ether oxygens (including phenoxy) is 2. The van der Waals surface area contributed by atoms with Gasteiger partial charge in [0.2, 0.25) is 17.7 Å². The van der Waals surface area contributed by atoms with Crippen molar-refractivity contribution in [3.63, 3.8) is 0 Å². The fourth-order valence-electron chi connectivity index (χ4n) is 7.64. The summed E-state index contributed by atoms with van der Waals surface area (Å²) in [5, 5.41) is 42.0. The van der Waals surface area contributed by atoms with E-state index in [0.717, 1.165) is 30.6 Å². The molecule has 2 aromatic carbocycles. The number of rotatable bonds is 17. The Morgan fingerprint density at radius 1 is 1.02 bits per heavy atom. The molecule has 4 aromatic rings. The van der Waals surface area contributed by atoms with Crippen molar-refractivity contribution in [1.29, 1.82) is 0 Å². The molecule has 2 fully saturated rings. The highest BCUT2D eigenvalue weighted by molar-refractivity contribution is 6.32. The number of aromatic nitrogens is 3. The third kappa shape index (κ3) is 8.72. The number of amides is 5. The largest absolute Gasteiger partial charge is 0.490 e. The fourth-order valence-corrected chi connectivity index (χ4v) is 7.81. The van der Waals surface area contributed by atoms with E-state index in [9.17, 15) is 39.3 Å². The van der Waals surface area contributed by atoms with Crippen LogP contribution in [-0.2, 0) is 19.1 Å². The zero-order valence-corrected chi connectivity index (χ0v) is 32.6. The maximum absolute atomic E-state index is 13.3. The first-order valence-electron chi connectivity index (χ1n) is 19.5. The van der Waals surface area contributed by atoms with Gasteiger partial charge in [0, 0.05) is 31.3 Å². The van der Waals surface area contributed by atoms with Crippen molar-refractivity contribution in [1.82, 2.24) is 30.1 Å². The number of hydrogen-bond donors (Lipinski definition) is 7. The number of imide groups is 2. The van der Waals surface area contributed by atoms with Gasteiger partial charge < -0.3 is 45.7 Å². The number of piperidine rings is 1. The molecule has 8 N–H and O–H groups in total. The Bertz CT molecular complexity index is 2250. The van der Waals surface area contributed by atoms with Crippen molar-refractivity contribution in [3.05, 3.63) is 76.7 Å². The van der Waals surface area contributed by atoms with Gasteiger partial charge in [-0.1, -0.05) is 43.0 Å². The number of unbranched alkanes of at least 4 members (excludes halogenated alkanes) is 4. The van der Waals surface area contributed by atoms with Crippen LogP contribution in [0, 0.1) is 0 Å². The number of hydrogen-bond acceptors (Lipinski definition) is 14. The first-order valence-corrected chi connectivity index (χ1v) is 19.9. The molecule has 0 saturated carbocycles. The van der Waals surface area contributed by atoms with Gasteiger partial charge >= 0.3 is 0 Å². The van der Waals surface area contributed by atoms with Crippen LogP contribution in [-0.4, -0.2) is 108 Å². The summed E-state index contributed by atoms with van der Waals surface area (Å²) in [4.78, 5) is 71.8. The highest BCUT2D eigenvalue weighted by Crippen LogP contribution is 2.39. The average molecular weight is 833 g/mol. The Hall–Kier alpha value is -5.66. The molecule has 0 bridgehead atoms. The second-order valence-electron chi connectivity index (χ2n) is 14.6. The number of nitrogen functional groups attached to an aromatic ring is 1. The SMILES string of the molecule is Nc1ncnc2c1ccn2[C@@H]1O[C@H]([C@H](O)c2ccc(Cl)c(OCCNC(=O)CCCCCCCNc3cccc4c3C(=O)N(C3CCC(=O)NC3=O)C4=O)c2)[C@@H](O)[C@H]1O. The van der Waals surface area contributed by atoms with E-state index in [2.05, 4.69) is 25.9 Å². The molecule has 2 aromatic heterocycles. The van der Waals surface area contributed by atoms with Crippen molar-refractivity contribution < 1.29 is 48.8 Å². The Morgan fingerprint density at radius 3 is 2.63 bits per heavy atom. The molecular weight excluding hydrogens is 788 g/mol. The Kier molecular flexibility index (Phi) is 12.7. The average Bonchev–Trinajstić information content (AvgIpc) is 3.86. The van der Waals surface area contributed by atoms with Gasteiger partial charge in [-0.05, 0) is 55.2 Å². The lowest BCUT2D eigenvalue weighted by Crippen LogP contribution is -2.54. The molecule has 2 saturated heterocycles. The Balaban J connectivity index is 0.790. The van der Waals surface area contributed by atoms with E-state index >= 15 is 0 Å². The van der Waals surface area contributed by atoms with Crippen LogP contribution in [0.3, 0.4) is 0 Å². The predicted octanol–water partition coefficient (Wildman–Crippen LogP) is 2.37. The van der Waals surface area contributed by atoms with Gasteiger partial charge in [0.05, 0.1) is 28.1 Å². The van der Waals surface area contributed by atoms with Crippen LogP contribution < -0.4 is 26.4 Å². The molecule has 18 nitrogen and oxygen atoms in total. The number of aliphatic hydroxyl groups excluding tert-OH is 3. The van der Waals surface area contributed by atoms with Gasteiger partial charge in [-0.3, -0.25) is 34.2 Å². The van der Waals surface area contributed by atoms with E-state index in [0.29, 0.717) is 41.7 Å². The van der Waals surface area contributed by atoms with Gasteiger partial charge in [0.25, 0.3) is 11.8 Å². The molecule has 0 radical (unpaired) electrons. The quantitative estimate of drug-likeness (QED) is 0.0596. The fraction of sp³-hybridized carbons (Fsp3) is 0.425. The lowest BCUT2D eigenvalue weighted by atomic mass is 9.99. The molecule has 59 heavy (non-hydrogen) atoms. The van der Waals surface area contributed by atoms with Crippen LogP contribution in [0.15, 0.2) is 55.0 Å². The standard InChI is InChI=1S/C40H45ClN8O10/c41-24-11-10-21(31(52)34-32(53)33(54)40(59-34)48-17-14-23-35(42)45-20-46-36(23)48)19-27(24)58-18-16-44-28(50)9-4-2-1-3-5-15-43-25-8-6-7-22-30(25)39(57)49(38(22)56)26-12-13-29(51)47-37(26)55/h6-8,10-11,14,17,19-20,26,31-34,40,43,52-54H,1-5,9,12-13,15-16,18H2,(H,44,50)(H2,42,45,46)(H,47,51,55)/t26?,31-,32+,33-,34-,40-/m1/s1. The smallest absolute Gasteiger partial charge is 0.264 e. The third-order valence-electron chi connectivity index (χ3n) is 10.7. The number of nitrogens with zero attached hydrogens (tertiary/aromatic N) is 4. The third-order valence-corrected chi connectivity index (χ3v) is 11.1. The minimum Gasteiger partial charge on any atom is -0.490 e. The second kappa shape index (κ2) is 18.1. The lowest BCUT2D eigenvalue weighted by Gasteiger charge is -2.27.